The molecule has 0 saturated carbocycles. The summed E-state index contributed by atoms with van der Waals surface area (Å²) in [6.45, 7) is 2.46. The molecule has 0 spiro atoms. The number of rotatable bonds is 3. The maximum atomic E-state index is 12.1. The molecule has 2 rings (SSSR count). The first-order valence-corrected chi connectivity index (χ1v) is 6.00. The summed E-state index contributed by atoms with van der Waals surface area (Å²) in [5.74, 6) is 0.0890. The minimum Gasteiger partial charge on any atom is -0.399 e. The Balaban J connectivity index is 1.91. The number of carbonyl (C=O) groups is 2. The van der Waals surface area contributed by atoms with E-state index in [2.05, 4.69) is 0 Å². The van der Waals surface area contributed by atoms with Crippen LogP contribution in [0, 0.1) is 0 Å². The van der Waals surface area contributed by atoms with Crippen LogP contribution in [0.4, 0.5) is 5.69 Å². The van der Waals surface area contributed by atoms with E-state index in [1.54, 1.807) is 15.9 Å². The van der Waals surface area contributed by atoms with Crippen molar-refractivity contribution < 1.29 is 9.59 Å². The van der Waals surface area contributed by atoms with Gasteiger partial charge in [0.25, 0.3) is 0 Å². The lowest BCUT2D eigenvalue weighted by atomic mass is 10.1. The van der Waals surface area contributed by atoms with Crippen LogP contribution in [0.5, 0.6) is 0 Å². The molecule has 0 aromatic heterocycles. The fraction of sp³-hybridized carbons (Fsp3) is 0.385. The highest BCUT2D eigenvalue weighted by Crippen LogP contribution is 2.09. The van der Waals surface area contributed by atoms with Gasteiger partial charge in [0.2, 0.25) is 12.3 Å². The van der Waals surface area contributed by atoms with Crippen molar-refractivity contribution in [3.63, 3.8) is 0 Å². The summed E-state index contributed by atoms with van der Waals surface area (Å²) in [4.78, 5) is 26.1. The number of benzene rings is 1. The van der Waals surface area contributed by atoms with Gasteiger partial charge in [-0.2, -0.15) is 0 Å². The number of nitrogens with two attached hydrogens (primary N) is 1. The predicted molar refractivity (Wildman–Crippen MR) is 68.8 cm³/mol. The molecular formula is C13H17N3O2. The number of anilines is 1. The molecule has 1 saturated heterocycles. The second kappa shape index (κ2) is 5.53. The highest BCUT2D eigenvalue weighted by atomic mass is 16.2. The molecule has 1 aliphatic rings. The van der Waals surface area contributed by atoms with E-state index < -0.39 is 0 Å². The summed E-state index contributed by atoms with van der Waals surface area (Å²) in [5, 5.41) is 0. The highest BCUT2D eigenvalue weighted by molar-refractivity contribution is 5.79. The normalized spacial score (nSPS) is 15.6. The third kappa shape index (κ3) is 3.00. The quantitative estimate of drug-likeness (QED) is 0.609. The van der Waals surface area contributed by atoms with Crippen LogP contribution in [-0.4, -0.2) is 48.3 Å². The topological polar surface area (TPSA) is 66.6 Å². The van der Waals surface area contributed by atoms with Gasteiger partial charge in [-0.25, -0.2) is 0 Å². The molecule has 0 bridgehead atoms. The van der Waals surface area contributed by atoms with Crippen LogP contribution >= 0.6 is 0 Å². The second-order valence-electron chi connectivity index (χ2n) is 4.44. The number of piperazine rings is 1. The monoisotopic (exact) mass is 247 g/mol. The van der Waals surface area contributed by atoms with Gasteiger partial charge in [-0.3, -0.25) is 9.59 Å². The molecule has 0 aliphatic carbocycles. The van der Waals surface area contributed by atoms with E-state index in [1.807, 2.05) is 18.2 Å². The van der Waals surface area contributed by atoms with Crippen molar-refractivity contribution in [1.29, 1.82) is 0 Å². The van der Waals surface area contributed by atoms with Crippen LogP contribution in [0.1, 0.15) is 5.56 Å². The smallest absolute Gasteiger partial charge is 0.227 e. The van der Waals surface area contributed by atoms with Gasteiger partial charge in [0.15, 0.2) is 0 Å². The van der Waals surface area contributed by atoms with Crippen LogP contribution in [0.25, 0.3) is 0 Å². The number of nitrogens with zero attached hydrogens (tertiary/aromatic N) is 2. The van der Waals surface area contributed by atoms with E-state index in [9.17, 15) is 9.59 Å². The van der Waals surface area contributed by atoms with Crippen molar-refractivity contribution in [3.05, 3.63) is 29.8 Å². The van der Waals surface area contributed by atoms with Crippen molar-refractivity contribution in [3.8, 4) is 0 Å². The van der Waals surface area contributed by atoms with Gasteiger partial charge in [0, 0.05) is 31.9 Å². The molecular weight excluding hydrogens is 230 g/mol. The zero-order valence-electron chi connectivity index (χ0n) is 10.2. The predicted octanol–water partition coefficient (Wildman–Crippen LogP) is 0.112. The van der Waals surface area contributed by atoms with Gasteiger partial charge in [0.1, 0.15) is 0 Å². The summed E-state index contributed by atoms with van der Waals surface area (Å²) < 4.78 is 0. The fourth-order valence-electron chi connectivity index (χ4n) is 2.07. The van der Waals surface area contributed by atoms with Crippen molar-refractivity contribution in [1.82, 2.24) is 9.80 Å². The molecule has 1 heterocycles. The first-order chi connectivity index (χ1) is 8.69. The molecule has 18 heavy (non-hydrogen) atoms. The largest absolute Gasteiger partial charge is 0.399 e. The van der Waals surface area contributed by atoms with Crippen molar-refractivity contribution in [2.75, 3.05) is 31.9 Å². The first kappa shape index (κ1) is 12.4. The molecule has 96 valence electrons. The Bertz CT molecular complexity index is 440. The Labute approximate surface area is 106 Å². The Kier molecular flexibility index (Phi) is 3.82. The lowest BCUT2D eigenvalue weighted by Gasteiger charge is -2.32. The number of carbonyl (C=O) groups excluding carboxylic acids is 2. The van der Waals surface area contributed by atoms with Gasteiger partial charge in [-0.05, 0) is 17.7 Å². The maximum Gasteiger partial charge on any atom is 0.227 e. The zero-order chi connectivity index (χ0) is 13.0. The average molecular weight is 247 g/mol. The third-order valence-corrected chi connectivity index (χ3v) is 3.12. The van der Waals surface area contributed by atoms with E-state index in [-0.39, 0.29) is 5.91 Å². The molecule has 0 atom stereocenters. The molecule has 1 aromatic carbocycles. The van der Waals surface area contributed by atoms with Crippen molar-refractivity contribution in [2.45, 2.75) is 6.42 Å². The first-order valence-electron chi connectivity index (χ1n) is 6.00. The summed E-state index contributed by atoms with van der Waals surface area (Å²) in [6, 6.07) is 7.37. The molecule has 5 heteroatoms. The molecule has 5 nitrogen and oxygen atoms in total. The number of hydrogen-bond acceptors (Lipinski definition) is 3. The Morgan fingerprint density at radius 2 is 2.00 bits per heavy atom. The Morgan fingerprint density at radius 3 is 2.61 bits per heavy atom. The standard InChI is InChI=1S/C13H17N3O2/c14-12-3-1-2-11(8-12)9-13(18)16-6-4-15(10-17)5-7-16/h1-3,8,10H,4-7,9,14H2. The minimum atomic E-state index is 0.0890. The third-order valence-electron chi connectivity index (χ3n) is 3.12. The van der Waals surface area contributed by atoms with E-state index in [1.165, 1.54) is 0 Å². The summed E-state index contributed by atoms with van der Waals surface area (Å²) in [6.07, 6.45) is 1.20. The Morgan fingerprint density at radius 1 is 1.28 bits per heavy atom. The van der Waals surface area contributed by atoms with Gasteiger partial charge < -0.3 is 15.5 Å². The van der Waals surface area contributed by atoms with E-state index in [4.69, 9.17) is 5.73 Å². The van der Waals surface area contributed by atoms with Crippen LogP contribution in [0.3, 0.4) is 0 Å². The fourth-order valence-corrected chi connectivity index (χ4v) is 2.07. The summed E-state index contributed by atoms with van der Waals surface area (Å²) >= 11 is 0. The molecule has 0 radical (unpaired) electrons. The van der Waals surface area contributed by atoms with Crippen LogP contribution in [-0.2, 0) is 16.0 Å². The average Bonchev–Trinajstić information content (AvgIpc) is 2.39. The van der Waals surface area contributed by atoms with Gasteiger partial charge >= 0.3 is 0 Å². The van der Waals surface area contributed by atoms with Gasteiger partial charge in [0.05, 0.1) is 6.42 Å². The van der Waals surface area contributed by atoms with E-state index >= 15 is 0 Å². The second-order valence-corrected chi connectivity index (χ2v) is 4.44. The van der Waals surface area contributed by atoms with E-state index in [0.29, 0.717) is 38.3 Å². The zero-order valence-corrected chi connectivity index (χ0v) is 10.2. The van der Waals surface area contributed by atoms with Gasteiger partial charge in [-0.15, -0.1) is 0 Å². The lowest BCUT2D eigenvalue weighted by Crippen LogP contribution is -2.48. The SMILES string of the molecule is Nc1cccc(CC(=O)N2CCN(C=O)CC2)c1. The number of amides is 2. The van der Waals surface area contributed by atoms with Crippen molar-refractivity contribution >= 4 is 18.0 Å². The molecule has 1 fully saturated rings. The highest BCUT2D eigenvalue weighted by Gasteiger charge is 2.19. The summed E-state index contributed by atoms with van der Waals surface area (Å²) in [5.41, 5.74) is 7.28. The molecule has 1 aromatic rings. The van der Waals surface area contributed by atoms with Crippen molar-refractivity contribution in [2.24, 2.45) is 0 Å². The Hall–Kier alpha value is -2.04. The molecule has 2 N–H and O–H groups in total. The van der Waals surface area contributed by atoms with Crippen LogP contribution < -0.4 is 5.73 Å². The molecule has 1 aliphatic heterocycles. The van der Waals surface area contributed by atoms with Gasteiger partial charge in [-0.1, -0.05) is 12.1 Å². The minimum absolute atomic E-state index is 0.0890. The van der Waals surface area contributed by atoms with Crippen LogP contribution in [0.2, 0.25) is 0 Å². The maximum absolute atomic E-state index is 12.1. The van der Waals surface area contributed by atoms with E-state index in [0.717, 1.165) is 12.0 Å². The molecule has 2 amide bonds. The lowest BCUT2D eigenvalue weighted by molar-refractivity contribution is -0.134. The van der Waals surface area contributed by atoms with Crippen LogP contribution in [0.15, 0.2) is 24.3 Å². The molecule has 0 unspecified atom stereocenters. The number of hydrogen-bond donors (Lipinski definition) is 1. The number of nitrogen functional groups attached to an aromatic ring is 1. The summed E-state index contributed by atoms with van der Waals surface area (Å²) in [7, 11) is 0.